The molecule has 1 aliphatic rings. The Morgan fingerprint density at radius 1 is 1.09 bits per heavy atom. The molecule has 3 rings (SSSR count). The second-order valence-electron chi connectivity index (χ2n) is 6.37. The van der Waals surface area contributed by atoms with E-state index in [9.17, 15) is 5.11 Å². The van der Waals surface area contributed by atoms with Gasteiger partial charge in [0, 0.05) is 12.1 Å². The Hall–Kier alpha value is -2.04. The van der Waals surface area contributed by atoms with Crippen LogP contribution in [0.2, 0.25) is 0 Å². The van der Waals surface area contributed by atoms with Crippen molar-refractivity contribution in [1.82, 2.24) is 5.32 Å². The Bertz CT molecular complexity index is 657. The van der Waals surface area contributed by atoms with Crippen LogP contribution in [0, 0.1) is 5.92 Å². The Kier molecular flexibility index (Phi) is 4.55. The maximum absolute atomic E-state index is 11.2. The largest absolute Gasteiger partial charge is 0.454 e. The molecular formula is C19H23NO3. The number of hydrogen-bond acceptors (Lipinski definition) is 4. The van der Waals surface area contributed by atoms with E-state index in [0.717, 1.165) is 16.9 Å². The molecule has 0 aliphatic carbocycles. The molecular weight excluding hydrogens is 290 g/mol. The van der Waals surface area contributed by atoms with Crippen LogP contribution in [0.4, 0.5) is 0 Å². The highest BCUT2D eigenvalue weighted by Gasteiger charge is 2.31. The monoisotopic (exact) mass is 313 g/mol. The molecule has 122 valence electrons. The van der Waals surface area contributed by atoms with E-state index in [1.165, 1.54) is 0 Å². The Balaban J connectivity index is 1.83. The molecule has 4 nitrogen and oxygen atoms in total. The molecule has 0 saturated heterocycles. The van der Waals surface area contributed by atoms with Crippen molar-refractivity contribution >= 4 is 0 Å². The van der Waals surface area contributed by atoms with Crippen molar-refractivity contribution in [2.75, 3.05) is 6.79 Å². The fourth-order valence-corrected chi connectivity index (χ4v) is 2.88. The highest BCUT2D eigenvalue weighted by atomic mass is 16.7. The zero-order valence-corrected chi connectivity index (χ0v) is 13.6. The lowest BCUT2D eigenvalue weighted by Gasteiger charge is -2.32. The van der Waals surface area contributed by atoms with Crippen LogP contribution >= 0.6 is 0 Å². The Morgan fingerprint density at radius 2 is 1.83 bits per heavy atom. The molecule has 0 fully saturated rings. The zero-order chi connectivity index (χ0) is 16.3. The summed E-state index contributed by atoms with van der Waals surface area (Å²) in [6.07, 6.45) is 0.611. The van der Waals surface area contributed by atoms with Crippen molar-refractivity contribution in [2.24, 2.45) is 5.92 Å². The smallest absolute Gasteiger partial charge is 0.231 e. The van der Waals surface area contributed by atoms with Crippen molar-refractivity contribution in [3.05, 3.63) is 59.7 Å². The van der Waals surface area contributed by atoms with E-state index in [0.29, 0.717) is 24.6 Å². The number of benzene rings is 2. The summed E-state index contributed by atoms with van der Waals surface area (Å²) in [6, 6.07) is 15.7. The summed E-state index contributed by atoms with van der Waals surface area (Å²) in [6.45, 7) is 5.03. The zero-order valence-electron chi connectivity index (χ0n) is 13.6. The van der Waals surface area contributed by atoms with Gasteiger partial charge >= 0.3 is 0 Å². The van der Waals surface area contributed by atoms with E-state index >= 15 is 0 Å². The van der Waals surface area contributed by atoms with Gasteiger partial charge in [-0.3, -0.25) is 5.32 Å². The van der Waals surface area contributed by atoms with E-state index in [1.54, 1.807) is 0 Å². The first-order valence-corrected chi connectivity index (χ1v) is 7.98. The van der Waals surface area contributed by atoms with Crippen LogP contribution in [0.1, 0.15) is 31.4 Å². The number of nitrogens with one attached hydrogen (secondary N) is 1. The molecule has 1 heterocycles. The molecule has 1 atom stereocenters. The fraction of sp³-hybridized carbons (Fsp3) is 0.368. The summed E-state index contributed by atoms with van der Waals surface area (Å²) in [5.74, 6) is 1.75. The topological polar surface area (TPSA) is 50.7 Å². The van der Waals surface area contributed by atoms with Gasteiger partial charge in [-0.25, -0.2) is 0 Å². The van der Waals surface area contributed by atoms with Crippen LogP contribution in [-0.4, -0.2) is 11.9 Å². The maximum Gasteiger partial charge on any atom is 0.231 e. The molecule has 0 radical (unpaired) electrons. The van der Waals surface area contributed by atoms with E-state index in [1.807, 2.05) is 48.5 Å². The van der Waals surface area contributed by atoms with Crippen LogP contribution in [-0.2, 0) is 12.3 Å². The van der Waals surface area contributed by atoms with Gasteiger partial charge in [-0.1, -0.05) is 50.2 Å². The summed E-state index contributed by atoms with van der Waals surface area (Å²) >= 11 is 0. The van der Waals surface area contributed by atoms with Gasteiger partial charge in [-0.15, -0.1) is 0 Å². The molecule has 23 heavy (non-hydrogen) atoms. The van der Waals surface area contributed by atoms with Gasteiger partial charge in [0.1, 0.15) is 5.72 Å². The van der Waals surface area contributed by atoms with Crippen LogP contribution in [0.25, 0.3) is 0 Å². The quantitative estimate of drug-likeness (QED) is 0.803. The van der Waals surface area contributed by atoms with E-state index in [2.05, 4.69) is 19.2 Å². The minimum absolute atomic E-state index is 0.235. The summed E-state index contributed by atoms with van der Waals surface area (Å²) < 4.78 is 10.8. The lowest BCUT2D eigenvalue weighted by atomic mass is 9.92. The number of aliphatic hydroxyl groups is 1. The van der Waals surface area contributed by atoms with Crippen molar-refractivity contribution < 1.29 is 14.6 Å². The van der Waals surface area contributed by atoms with Gasteiger partial charge in [0.2, 0.25) is 6.79 Å². The molecule has 1 aliphatic heterocycles. The first-order chi connectivity index (χ1) is 11.1. The predicted molar refractivity (Wildman–Crippen MR) is 89.2 cm³/mol. The third-order valence-electron chi connectivity index (χ3n) is 3.98. The maximum atomic E-state index is 11.2. The molecule has 1 unspecified atom stereocenters. The minimum atomic E-state index is -1.11. The number of ether oxygens (including phenoxy) is 2. The van der Waals surface area contributed by atoms with E-state index in [-0.39, 0.29) is 6.79 Å². The average molecular weight is 313 g/mol. The summed E-state index contributed by atoms with van der Waals surface area (Å²) in [5.41, 5.74) is 0.826. The number of rotatable bonds is 6. The predicted octanol–water partition coefficient (Wildman–Crippen LogP) is 3.40. The van der Waals surface area contributed by atoms with Crippen molar-refractivity contribution in [1.29, 1.82) is 0 Å². The first-order valence-electron chi connectivity index (χ1n) is 7.98. The molecule has 0 saturated carbocycles. The van der Waals surface area contributed by atoms with Crippen LogP contribution in [0.3, 0.4) is 0 Å². The second kappa shape index (κ2) is 6.60. The highest BCUT2D eigenvalue weighted by molar-refractivity contribution is 5.46. The summed E-state index contributed by atoms with van der Waals surface area (Å²) in [5, 5.41) is 14.5. The highest BCUT2D eigenvalue weighted by Crippen LogP contribution is 2.37. The lowest BCUT2D eigenvalue weighted by molar-refractivity contribution is -0.0213. The van der Waals surface area contributed by atoms with E-state index in [4.69, 9.17) is 9.47 Å². The fourth-order valence-electron chi connectivity index (χ4n) is 2.88. The van der Waals surface area contributed by atoms with Crippen LogP contribution < -0.4 is 14.8 Å². The van der Waals surface area contributed by atoms with Gasteiger partial charge in [-0.05, 0) is 30.0 Å². The Morgan fingerprint density at radius 3 is 2.57 bits per heavy atom. The molecule has 2 N–H and O–H groups in total. The van der Waals surface area contributed by atoms with Gasteiger partial charge in [0.15, 0.2) is 11.5 Å². The minimum Gasteiger partial charge on any atom is -0.454 e. The van der Waals surface area contributed by atoms with Crippen LogP contribution in [0.5, 0.6) is 11.5 Å². The second-order valence-corrected chi connectivity index (χ2v) is 6.37. The van der Waals surface area contributed by atoms with Gasteiger partial charge in [0.05, 0.1) is 0 Å². The van der Waals surface area contributed by atoms with Crippen LogP contribution in [0.15, 0.2) is 48.5 Å². The standard InChI is InChI=1S/C19H23NO3/c1-14(2)11-19(21,20-12-15-6-4-3-5-7-15)16-8-9-17-18(10-16)23-13-22-17/h3-10,14,20-21H,11-13H2,1-2H3. The van der Waals surface area contributed by atoms with Crippen molar-refractivity contribution in [3.63, 3.8) is 0 Å². The Labute approximate surface area is 137 Å². The van der Waals surface area contributed by atoms with Gasteiger partial charge < -0.3 is 14.6 Å². The SMILES string of the molecule is CC(C)CC(O)(NCc1ccccc1)c1ccc2c(c1)OCO2. The van der Waals surface area contributed by atoms with Crippen molar-refractivity contribution in [3.8, 4) is 11.5 Å². The van der Waals surface area contributed by atoms with E-state index < -0.39 is 5.72 Å². The summed E-state index contributed by atoms with van der Waals surface area (Å²) in [7, 11) is 0. The molecule has 0 bridgehead atoms. The van der Waals surface area contributed by atoms with Gasteiger partial charge in [0.25, 0.3) is 0 Å². The average Bonchev–Trinajstić information content (AvgIpc) is 3.01. The van der Waals surface area contributed by atoms with Crippen molar-refractivity contribution in [2.45, 2.75) is 32.5 Å². The number of hydrogen-bond donors (Lipinski definition) is 2. The molecule has 0 spiro atoms. The van der Waals surface area contributed by atoms with Gasteiger partial charge in [-0.2, -0.15) is 0 Å². The first kappa shape index (κ1) is 15.8. The molecule has 4 heteroatoms. The third-order valence-corrected chi connectivity index (χ3v) is 3.98. The normalized spacial score (nSPS) is 15.7. The third kappa shape index (κ3) is 3.66. The molecule has 0 amide bonds. The summed E-state index contributed by atoms with van der Waals surface area (Å²) in [4.78, 5) is 0. The molecule has 2 aromatic rings. The molecule has 2 aromatic carbocycles. The lowest BCUT2D eigenvalue weighted by Crippen LogP contribution is -2.43. The number of fused-ring (bicyclic) bond motifs is 1. The molecule has 0 aromatic heterocycles.